The number of benzene rings is 1. The molecule has 4 heteroatoms. The van der Waals surface area contributed by atoms with Crippen LogP contribution in [-0.2, 0) is 0 Å². The second-order valence-corrected chi connectivity index (χ2v) is 3.38. The van der Waals surface area contributed by atoms with E-state index in [1.165, 1.54) is 18.2 Å². The molecular weight excluding hydrogens is 184 g/mol. The summed E-state index contributed by atoms with van der Waals surface area (Å²) in [6.07, 6.45) is 3.30. The van der Waals surface area contributed by atoms with E-state index in [-0.39, 0.29) is 0 Å². The molecule has 13 heavy (non-hydrogen) atoms. The predicted molar refractivity (Wildman–Crippen MR) is 54.4 cm³/mol. The van der Waals surface area contributed by atoms with Crippen molar-refractivity contribution in [2.24, 2.45) is 0 Å². The monoisotopic (exact) mass is 192 g/mol. The molecule has 1 heterocycles. The van der Waals surface area contributed by atoms with Gasteiger partial charge in [-0.05, 0) is 24.5 Å². The van der Waals surface area contributed by atoms with Crippen LogP contribution in [0.15, 0.2) is 29.0 Å². The summed E-state index contributed by atoms with van der Waals surface area (Å²) < 4.78 is 5.14. The molecule has 0 aliphatic rings. The lowest BCUT2D eigenvalue weighted by atomic mass is 10.2. The van der Waals surface area contributed by atoms with Crippen LogP contribution in [0, 0.1) is 5.41 Å². The Balaban J connectivity index is 2.54. The average Bonchev–Trinajstić information content (AvgIpc) is 2.63. The molecule has 0 saturated heterocycles. The van der Waals surface area contributed by atoms with Crippen molar-refractivity contribution < 1.29 is 4.42 Å². The minimum Gasteiger partial charge on any atom is -0.443 e. The van der Waals surface area contributed by atoms with Gasteiger partial charge >= 0.3 is 0 Å². The Kier molecular flexibility index (Phi) is 2.06. The molecule has 0 aliphatic carbocycles. The largest absolute Gasteiger partial charge is 0.443 e. The molecule has 2 aromatic rings. The Labute approximate surface area is 79.7 Å². The molecule has 2 rings (SSSR count). The zero-order chi connectivity index (χ0) is 9.26. The Morgan fingerprint density at radius 1 is 1.54 bits per heavy atom. The lowest BCUT2D eigenvalue weighted by Gasteiger charge is -1.98. The van der Waals surface area contributed by atoms with Gasteiger partial charge in [0.15, 0.2) is 12.0 Å². The smallest absolute Gasteiger partial charge is 0.181 e. The summed E-state index contributed by atoms with van der Waals surface area (Å²) in [7, 11) is 0. The number of fused-ring (bicyclic) bond motifs is 1. The standard InChI is InChI=1S/C9H8N2OS/c1-13-9(10)6-2-3-7-8(4-6)12-5-11-7/h2-5,10H,1H3. The first-order chi connectivity index (χ1) is 6.31. The molecule has 0 fully saturated rings. The first-order valence-corrected chi connectivity index (χ1v) is 5.00. The van der Waals surface area contributed by atoms with E-state index >= 15 is 0 Å². The van der Waals surface area contributed by atoms with E-state index in [2.05, 4.69) is 4.98 Å². The highest BCUT2D eigenvalue weighted by Gasteiger charge is 2.03. The van der Waals surface area contributed by atoms with Crippen molar-refractivity contribution in [1.29, 1.82) is 5.41 Å². The van der Waals surface area contributed by atoms with Crippen LogP contribution in [0.4, 0.5) is 0 Å². The summed E-state index contributed by atoms with van der Waals surface area (Å²) in [6, 6.07) is 5.57. The lowest BCUT2D eigenvalue weighted by molar-refractivity contribution is 0.602. The van der Waals surface area contributed by atoms with Gasteiger partial charge in [0.1, 0.15) is 5.52 Å². The highest BCUT2D eigenvalue weighted by atomic mass is 32.2. The van der Waals surface area contributed by atoms with E-state index in [1.807, 2.05) is 24.5 Å². The number of nitrogens with zero attached hydrogens (tertiary/aromatic N) is 1. The average molecular weight is 192 g/mol. The summed E-state index contributed by atoms with van der Waals surface area (Å²) in [6.45, 7) is 0. The van der Waals surface area contributed by atoms with Crippen molar-refractivity contribution >= 4 is 27.9 Å². The molecule has 0 unspecified atom stereocenters. The number of thioether (sulfide) groups is 1. The van der Waals surface area contributed by atoms with Gasteiger partial charge in [0.25, 0.3) is 0 Å². The van der Waals surface area contributed by atoms with E-state index < -0.39 is 0 Å². The van der Waals surface area contributed by atoms with E-state index in [0.29, 0.717) is 5.04 Å². The van der Waals surface area contributed by atoms with Gasteiger partial charge in [-0.3, -0.25) is 5.41 Å². The van der Waals surface area contributed by atoms with E-state index in [1.54, 1.807) is 0 Å². The number of nitrogens with one attached hydrogen (secondary N) is 1. The van der Waals surface area contributed by atoms with Crippen LogP contribution in [0.3, 0.4) is 0 Å². The van der Waals surface area contributed by atoms with Crippen LogP contribution in [-0.4, -0.2) is 16.3 Å². The van der Waals surface area contributed by atoms with Crippen LogP contribution in [0.5, 0.6) is 0 Å². The molecule has 0 atom stereocenters. The molecule has 0 saturated carbocycles. The van der Waals surface area contributed by atoms with Gasteiger partial charge in [-0.25, -0.2) is 4.98 Å². The maximum absolute atomic E-state index is 7.61. The molecule has 3 nitrogen and oxygen atoms in total. The van der Waals surface area contributed by atoms with E-state index in [0.717, 1.165) is 16.7 Å². The molecule has 0 bridgehead atoms. The normalized spacial score (nSPS) is 10.5. The summed E-state index contributed by atoms with van der Waals surface area (Å²) in [4.78, 5) is 4.00. The number of hydrogen-bond donors (Lipinski definition) is 1. The maximum Gasteiger partial charge on any atom is 0.181 e. The first-order valence-electron chi connectivity index (χ1n) is 3.77. The van der Waals surface area contributed by atoms with Gasteiger partial charge in [0.05, 0.1) is 5.04 Å². The zero-order valence-corrected chi connectivity index (χ0v) is 7.89. The number of hydrogen-bond acceptors (Lipinski definition) is 4. The summed E-state index contributed by atoms with van der Waals surface area (Å²) in [5.41, 5.74) is 2.44. The first kappa shape index (κ1) is 8.31. The molecule has 1 aromatic carbocycles. The SMILES string of the molecule is CSC(=N)c1ccc2ncoc2c1. The fourth-order valence-electron chi connectivity index (χ4n) is 1.11. The van der Waals surface area contributed by atoms with Crippen LogP contribution in [0.25, 0.3) is 11.1 Å². The van der Waals surface area contributed by atoms with Gasteiger partial charge in [-0.15, -0.1) is 11.8 Å². The zero-order valence-electron chi connectivity index (χ0n) is 7.07. The fourth-order valence-corrected chi connectivity index (χ4v) is 1.48. The minimum atomic E-state index is 0.540. The topological polar surface area (TPSA) is 49.9 Å². The summed E-state index contributed by atoms with van der Waals surface area (Å²) in [5.74, 6) is 0. The van der Waals surface area contributed by atoms with Crippen LogP contribution >= 0.6 is 11.8 Å². The molecular formula is C9H8N2OS. The second kappa shape index (κ2) is 3.22. The molecule has 1 N–H and O–H groups in total. The lowest BCUT2D eigenvalue weighted by Crippen LogP contribution is -1.90. The number of aromatic nitrogens is 1. The number of oxazole rings is 1. The maximum atomic E-state index is 7.61. The predicted octanol–water partition coefficient (Wildman–Crippen LogP) is 2.52. The highest BCUT2D eigenvalue weighted by Crippen LogP contribution is 2.17. The van der Waals surface area contributed by atoms with Crippen LogP contribution in [0.1, 0.15) is 5.56 Å². The third-order valence-electron chi connectivity index (χ3n) is 1.80. The quantitative estimate of drug-likeness (QED) is 0.558. The van der Waals surface area contributed by atoms with Gasteiger partial charge in [0.2, 0.25) is 0 Å². The van der Waals surface area contributed by atoms with Gasteiger partial charge in [-0.1, -0.05) is 0 Å². The molecule has 1 aromatic heterocycles. The third kappa shape index (κ3) is 1.45. The Morgan fingerprint density at radius 3 is 3.15 bits per heavy atom. The van der Waals surface area contributed by atoms with Crippen LogP contribution < -0.4 is 0 Å². The Hall–Kier alpha value is -1.29. The minimum absolute atomic E-state index is 0.540. The Bertz CT molecular complexity index is 450. The van der Waals surface area contributed by atoms with Crippen molar-refractivity contribution in [3.8, 4) is 0 Å². The van der Waals surface area contributed by atoms with Gasteiger partial charge < -0.3 is 4.42 Å². The molecule has 66 valence electrons. The van der Waals surface area contributed by atoms with Gasteiger partial charge in [0, 0.05) is 5.56 Å². The van der Waals surface area contributed by atoms with Gasteiger partial charge in [-0.2, -0.15) is 0 Å². The highest BCUT2D eigenvalue weighted by molar-refractivity contribution is 8.13. The molecule has 0 spiro atoms. The third-order valence-corrected chi connectivity index (χ3v) is 2.44. The summed E-state index contributed by atoms with van der Waals surface area (Å²) >= 11 is 1.41. The molecule has 0 aliphatic heterocycles. The van der Waals surface area contributed by atoms with E-state index in [9.17, 15) is 0 Å². The van der Waals surface area contributed by atoms with E-state index in [4.69, 9.17) is 9.83 Å². The van der Waals surface area contributed by atoms with Crippen molar-refractivity contribution in [3.63, 3.8) is 0 Å². The van der Waals surface area contributed by atoms with Crippen molar-refractivity contribution in [3.05, 3.63) is 30.2 Å². The van der Waals surface area contributed by atoms with Crippen molar-refractivity contribution in [2.45, 2.75) is 0 Å². The van der Waals surface area contributed by atoms with Crippen molar-refractivity contribution in [2.75, 3.05) is 6.26 Å². The second-order valence-electron chi connectivity index (χ2n) is 2.57. The van der Waals surface area contributed by atoms with Crippen molar-refractivity contribution in [1.82, 2.24) is 4.98 Å². The summed E-state index contributed by atoms with van der Waals surface area (Å²) in [5, 5.41) is 8.15. The molecule has 0 radical (unpaired) electrons. The fraction of sp³-hybridized carbons (Fsp3) is 0.111. The van der Waals surface area contributed by atoms with Crippen LogP contribution in [0.2, 0.25) is 0 Å². The number of rotatable bonds is 1. The Morgan fingerprint density at radius 2 is 2.38 bits per heavy atom. The molecule has 0 amide bonds.